The van der Waals surface area contributed by atoms with Crippen molar-refractivity contribution in [2.45, 2.75) is 32.2 Å². The van der Waals surface area contributed by atoms with E-state index in [2.05, 4.69) is 33.6 Å². The topological polar surface area (TPSA) is 86.9 Å². The number of benzene rings is 1. The highest BCUT2D eigenvalue weighted by Gasteiger charge is 2.36. The maximum atomic E-state index is 12.5. The zero-order chi connectivity index (χ0) is 22.2. The molecule has 166 valence electrons. The standard InChI is InChI=1S/C23H26N6O2S/c1-14-11-25-21(32-14)12-24-18-10-20(26-29(3)23(18)30)31-13-15-8-9-16(15)22-17-6-4-5-7-19(17)28(2)27-22/h4-7,10-11,15-16,24H,8-9,12-13H2,1-3H3. The van der Waals surface area contributed by atoms with Crippen molar-refractivity contribution in [3.05, 3.63) is 62.5 Å². The number of aryl methyl sites for hydroxylation is 3. The number of nitrogens with one attached hydrogen (secondary N) is 1. The number of para-hydroxylation sites is 1. The molecule has 1 saturated carbocycles. The maximum Gasteiger partial charge on any atom is 0.290 e. The molecule has 0 saturated heterocycles. The van der Waals surface area contributed by atoms with Gasteiger partial charge in [-0.05, 0) is 25.8 Å². The van der Waals surface area contributed by atoms with E-state index in [4.69, 9.17) is 9.84 Å². The molecular weight excluding hydrogens is 424 g/mol. The molecule has 0 radical (unpaired) electrons. The summed E-state index contributed by atoms with van der Waals surface area (Å²) in [4.78, 5) is 18.0. The molecule has 4 aromatic rings. The minimum Gasteiger partial charge on any atom is -0.476 e. The van der Waals surface area contributed by atoms with E-state index in [-0.39, 0.29) is 5.56 Å². The molecule has 0 spiro atoms. The van der Waals surface area contributed by atoms with Crippen LogP contribution in [0, 0.1) is 12.8 Å². The van der Waals surface area contributed by atoms with Crippen LogP contribution < -0.4 is 15.6 Å². The Labute approximate surface area is 189 Å². The average molecular weight is 451 g/mol. The highest BCUT2D eigenvalue weighted by Crippen LogP contribution is 2.44. The first-order chi connectivity index (χ1) is 15.5. The van der Waals surface area contributed by atoms with E-state index in [0.717, 1.165) is 33.9 Å². The summed E-state index contributed by atoms with van der Waals surface area (Å²) in [5, 5.41) is 14.4. The SMILES string of the molecule is Cc1cnc(CNc2cc(OCC3CCC3c3nn(C)c4ccccc34)nn(C)c2=O)s1. The predicted molar refractivity (Wildman–Crippen MR) is 125 cm³/mol. The maximum absolute atomic E-state index is 12.5. The predicted octanol–water partition coefficient (Wildman–Crippen LogP) is 3.62. The summed E-state index contributed by atoms with van der Waals surface area (Å²) in [6, 6.07) is 10.0. The summed E-state index contributed by atoms with van der Waals surface area (Å²) in [7, 11) is 3.63. The van der Waals surface area contributed by atoms with Crippen LogP contribution in [-0.4, -0.2) is 31.2 Å². The minimum atomic E-state index is -0.188. The van der Waals surface area contributed by atoms with Gasteiger partial charge >= 0.3 is 0 Å². The molecule has 1 aromatic carbocycles. The summed E-state index contributed by atoms with van der Waals surface area (Å²) in [5.41, 5.74) is 2.58. The molecule has 3 heterocycles. The molecule has 0 amide bonds. The first-order valence-electron chi connectivity index (χ1n) is 10.8. The third-order valence-corrected chi connectivity index (χ3v) is 7.05. The van der Waals surface area contributed by atoms with Gasteiger partial charge in [0.2, 0.25) is 5.88 Å². The largest absolute Gasteiger partial charge is 0.476 e. The Morgan fingerprint density at radius 1 is 1.19 bits per heavy atom. The molecule has 1 aliphatic rings. The zero-order valence-corrected chi connectivity index (χ0v) is 19.2. The Bertz CT molecular complexity index is 1320. The van der Waals surface area contributed by atoms with Crippen LogP contribution in [-0.2, 0) is 20.6 Å². The van der Waals surface area contributed by atoms with Crippen molar-refractivity contribution in [2.75, 3.05) is 11.9 Å². The van der Waals surface area contributed by atoms with Crippen molar-refractivity contribution in [1.82, 2.24) is 24.5 Å². The number of anilines is 1. The molecule has 0 aliphatic heterocycles. The molecule has 8 nitrogen and oxygen atoms in total. The van der Waals surface area contributed by atoms with Crippen molar-refractivity contribution in [3.63, 3.8) is 0 Å². The summed E-state index contributed by atoms with van der Waals surface area (Å²) < 4.78 is 9.33. The number of aromatic nitrogens is 5. The van der Waals surface area contributed by atoms with Gasteiger partial charge in [-0.15, -0.1) is 16.4 Å². The second-order valence-electron chi connectivity index (χ2n) is 8.32. The Morgan fingerprint density at radius 2 is 2.03 bits per heavy atom. The van der Waals surface area contributed by atoms with E-state index in [0.29, 0.717) is 36.6 Å². The fourth-order valence-corrected chi connectivity index (χ4v) is 5.00. The van der Waals surface area contributed by atoms with Gasteiger partial charge in [0, 0.05) is 48.5 Å². The van der Waals surface area contributed by atoms with E-state index in [1.807, 2.05) is 30.9 Å². The van der Waals surface area contributed by atoms with Gasteiger partial charge < -0.3 is 10.1 Å². The number of thiazole rings is 1. The normalized spacial score (nSPS) is 18.0. The molecule has 1 N–H and O–H groups in total. The number of hydrogen-bond acceptors (Lipinski definition) is 7. The van der Waals surface area contributed by atoms with Gasteiger partial charge in [-0.1, -0.05) is 18.2 Å². The summed E-state index contributed by atoms with van der Waals surface area (Å²) in [6.07, 6.45) is 4.03. The molecule has 1 fully saturated rings. The van der Waals surface area contributed by atoms with E-state index in [1.54, 1.807) is 24.5 Å². The van der Waals surface area contributed by atoms with Crippen LogP contribution in [0.5, 0.6) is 5.88 Å². The highest BCUT2D eigenvalue weighted by molar-refractivity contribution is 7.11. The van der Waals surface area contributed by atoms with Crippen LogP contribution in [0.4, 0.5) is 5.69 Å². The van der Waals surface area contributed by atoms with Crippen LogP contribution in [0.2, 0.25) is 0 Å². The molecular formula is C23H26N6O2S. The zero-order valence-electron chi connectivity index (χ0n) is 18.4. The van der Waals surface area contributed by atoms with Crippen molar-refractivity contribution < 1.29 is 4.74 Å². The molecule has 2 unspecified atom stereocenters. The Kier molecular flexibility index (Phi) is 5.42. The number of ether oxygens (including phenoxy) is 1. The Hall–Kier alpha value is -3.20. The van der Waals surface area contributed by atoms with E-state index in [9.17, 15) is 4.79 Å². The lowest BCUT2D eigenvalue weighted by Gasteiger charge is -2.35. The van der Waals surface area contributed by atoms with Crippen LogP contribution in [0.25, 0.3) is 10.9 Å². The van der Waals surface area contributed by atoms with Gasteiger partial charge in [0.15, 0.2) is 0 Å². The molecule has 9 heteroatoms. The molecule has 2 atom stereocenters. The molecule has 3 aromatic heterocycles. The molecule has 0 bridgehead atoms. The van der Waals surface area contributed by atoms with E-state index < -0.39 is 0 Å². The first-order valence-corrected chi connectivity index (χ1v) is 11.6. The second-order valence-corrected chi connectivity index (χ2v) is 9.64. The van der Waals surface area contributed by atoms with Gasteiger partial charge in [-0.2, -0.15) is 5.10 Å². The lowest BCUT2D eigenvalue weighted by Crippen LogP contribution is -2.30. The van der Waals surface area contributed by atoms with Crippen LogP contribution in [0.1, 0.15) is 34.3 Å². The van der Waals surface area contributed by atoms with E-state index >= 15 is 0 Å². The molecule has 5 rings (SSSR count). The lowest BCUT2D eigenvalue weighted by molar-refractivity contribution is 0.143. The number of fused-ring (bicyclic) bond motifs is 1. The van der Waals surface area contributed by atoms with Gasteiger partial charge in [0.1, 0.15) is 10.7 Å². The highest BCUT2D eigenvalue weighted by atomic mass is 32.1. The lowest BCUT2D eigenvalue weighted by atomic mass is 9.71. The fraction of sp³-hybridized carbons (Fsp3) is 0.391. The minimum absolute atomic E-state index is 0.188. The Balaban J connectivity index is 1.28. The van der Waals surface area contributed by atoms with Crippen LogP contribution in [0.15, 0.2) is 41.3 Å². The third kappa shape index (κ3) is 3.88. The average Bonchev–Trinajstić information content (AvgIpc) is 3.32. The monoisotopic (exact) mass is 450 g/mol. The van der Waals surface area contributed by atoms with Gasteiger partial charge in [0.25, 0.3) is 5.56 Å². The van der Waals surface area contributed by atoms with Gasteiger partial charge in [-0.3, -0.25) is 9.48 Å². The van der Waals surface area contributed by atoms with Crippen LogP contribution in [0.3, 0.4) is 0 Å². The summed E-state index contributed by atoms with van der Waals surface area (Å²) in [6.45, 7) is 3.06. The van der Waals surface area contributed by atoms with Gasteiger partial charge in [0.05, 0.1) is 24.4 Å². The number of hydrogen-bond donors (Lipinski definition) is 1. The fourth-order valence-electron chi connectivity index (χ4n) is 4.27. The van der Waals surface area contributed by atoms with Gasteiger partial charge in [-0.25, -0.2) is 9.67 Å². The quantitative estimate of drug-likeness (QED) is 0.463. The van der Waals surface area contributed by atoms with Crippen molar-refractivity contribution >= 4 is 27.9 Å². The second kappa shape index (κ2) is 8.38. The first kappa shape index (κ1) is 20.7. The Morgan fingerprint density at radius 3 is 2.78 bits per heavy atom. The smallest absolute Gasteiger partial charge is 0.290 e. The summed E-state index contributed by atoms with van der Waals surface area (Å²) >= 11 is 1.61. The van der Waals surface area contributed by atoms with Crippen LogP contribution >= 0.6 is 11.3 Å². The van der Waals surface area contributed by atoms with Crippen molar-refractivity contribution in [3.8, 4) is 5.88 Å². The van der Waals surface area contributed by atoms with E-state index in [1.165, 1.54) is 10.1 Å². The number of nitrogens with zero attached hydrogens (tertiary/aromatic N) is 5. The third-order valence-electron chi connectivity index (χ3n) is 6.14. The summed E-state index contributed by atoms with van der Waals surface area (Å²) in [5.74, 6) is 1.20. The van der Waals surface area contributed by atoms with Crippen molar-refractivity contribution in [1.29, 1.82) is 0 Å². The number of rotatable bonds is 7. The molecule has 1 aliphatic carbocycles. The van der Waals surface area contributed by atoms with Crippen molar-refractivity contribution in [2.24, 2.45) is 20.0 Å². The molecule has 32 heavy (non-hydrogen) atoms.